The molecule has 1 aliphatic heterocycles. The minimum absolute atomic E-state index is 0. The third-order valence-corrected chi connectivity index (χ3v) is 6.41. The van der Waals surface area contributed by atoms with Crippen LogP contribution in [0.15, 0.2) is 23.2 Å². The number of nitrogens with zero attached hydrogens (tertiary/aromatic N) is 2. The highest BCUT2D eigenvalue weighted by atomic mass is 127. The number of ether oxygens (including phenoxy) is 2. The molecule has 1 heterocycles. The first-order chi connectivity index (χ1) is 13.9. The highest BCUT2D eigenvalue weighted by molar-refractivity contribution is 14.0. The van der Waals surface area contributed by atoms with E-state index in [2.05, 4.69) is 27.4 Å². The van der Waals surface area contributed by atoms with Crippen LogP contribution in [0.25, 0.3) is 0 Å². The van der Waals surface area contributed by atoms with Crippen molar-refractivity contribution in [3.63, 3.8) is 0 Å². The molecule has 2 N–H and O–H groups in total. The minimum atomic E-state index is -2.84. The maximum Gasteiger partial charge on any atom is 0.191 e. The van der Waals surface area contributed by atoms with Crippen LogP contribution in [0.4, 0.5) is 0 Å². The Balaban J connectivity index is 0.00000450. The molecule has 0 aromatic heterocycles. The largest absolute Gasteiger partial charge is 0.490 e. The van der Waals surface area contributed by atoms with Crippen LogP contribution >= 0.6 is 24.0 Å². The number of guanidine groups is 1. The fraction of sp³-hybridized carbons (Fsp3) is 0.650. The third kappa shape index (κ3) is 8.46. The van der Waals surface area contributed by atoms with Crippen molar-refractivity contribution in [2.75, 3.05) is 57.9 Å². The topological polar surface area (TPSA) is 92.3 Å². The van der Waals surface area contributed by atoms with Gasteiger partial charge in [-0.25, -0.2) is 8.42 Å². The van der Waals surface area contributed by atoms with Crippen LogP contribution in [0, 0.1) is 0 Å². The van der Waals surface area contributed by atoms with Gasteiger partial charge < -0.3 is 20.1 Å². The number of aliphatic imine (C=N–C) groups is 1. The lowest BCUT2D eigenvalue weighted by Crippen LogP contribution is -2.46. The molecule has 0 amide bonds. The van der Waals surface area contributed by atoms with Gasteiger partial charge in [0.05, 0.1) is 30.8 Å². The van der Waals surface area contributed by atoms with E-state index in [1.807, 2.05) is 32.0 Å². The smallest absolute Gasteiger partial charge is 0.191 e. The molecule has 0 saturated carbocycles. The summed E-state index contributed by atoms with van der Waals surface area (Å²) in [6.07, 6.45) is 0. The molecule has 0 aliphatic carbocycles. The van der Waals surface area contributed by atoms with Gasteiger partial charge in [0.25, 0.3) is 0 Å². The molecule has 1 aromatic carbocycles. The van der Waals surface area contributed by atoms with E-state index in [4.69, 9.17) is 9.47 Å². The summed E-state index contributed by atoms with van der Waals surface area (Å²) in [5.74, 6) is 2.68. The van der Waals surface area contributed by atoms with Gasteiger partial charge in [0.1, 0.15) is 0 Å². The normalized spacial score (nSPS) is 17.5. The molecule has 1 saturated heterocycles. The second kappa shape index (κ2) is 13.2. The van der Waals surface area contributed by atoms with Gasteiger partial charge in [0, 0.05) is 33.2 Å². The standard InChI is InChI=1S/C20H34N4O4S.HI/c1-5-27-18-8-7-17(15-19(18)28-6-2)16(3)23-20(21-4)22-9-10-24-11-13-29(25,26)14-12-24;/h7-8,15-16H,5-6,9-14H2,1-4H3,(H2,21,22,23);1H. The predicted molar refractivity (Wildman–Crippen MR) is 132 cm³/mol. The SMILES string of the molecule is CCOc1ccc(C(C)NC(=NC)NCCN2CCS(=O)(=O)CC2)cc1OCC.I. The molecule has 1 aliphatic rings. The number of hydrogen-bond donors (Lipinski definition) is 2. The van der Waals surface area contributed by atoms with Crippen molar-refractivity contribution in [2.45, 2.75) is 26.8 Å². The van der Waals surface area contributed by atoms with Crippen LogP contribution in [-0.2, 0) is 9.84 Å². The third-order valence-electron chi connectivity index (χ3n) is 4.80. The van der Waals surface area contributed by atoms with Crippen molar-refractivity contribution >= 4 is 39.8 Å². The summed E-state index contributed by atoms with van der Waals surface area (Å²) in [5.41, 5.74) is 1.07. The van der Waals surface area contributed by atoms with Gasteiger partial charge in [-0.2, -0.15) is 0 Å². The van der Waals surface area contributed by atoms with Gasteiger partial charge in [-0.1, -0.05) is 6.07 Å². The molecule has 30 heavy (non-hydrogen) atoms. The van der Waals surface area contributed by atoms with Crippen LogP contribution in [0.5, 0.6) is 11.5 Å². The number of rotatable bonds is 9. The predicted octanol–water partition coefficient (Wildman–Crippen LogP) is 2.06. The number of nitrogens with one attached hydrogen (secondary N) is 2. The summed E-state index contributed by atoms with van der Waals surface area (Å²) in [4.78, 5) is 6.45. The lowest BCUT2D eigenvalue weighted by molar-refractivity contribution is 0.287. The van der Waals surface area contributed by atoms with E-state index in [9.17, 15) is 8.42 Å². The first-order valence-corrected chi connectivity index (χ1v) is 12.0. The highest BCUT2D eigenvalue weighted by Crippen LogP contribution is 2.30. The van der Waals surface area contributed by atoms with Gasteiger partial charge >= 0.3 is 0 Å². The summed E-state index contributed by atoms with van der Waals surface area (Å²) in [6, 6.07) is 5.97. The summed E-state index contributed by atoms with van der Waals surface area (Å²) in [5, 5.41) is 6.68. The monoisotopic (exact) mass is 554 g/mol. The lowest BCUT2D eigenvalue weighted by Gasteiger charge is -2.27. The fourth-order valence-corrected chi connectivity index (χ4v) is 4.40. The molecule has 1 unspecified atom stereocenters. The van der Waals surface area contributed by atoms with E-state index < -0.39 is 9.84 Å². The Morgan fingerprint density at radius 1 is 1.17 bits per heavy atom. The highest BCUT2D eigenvalue weighted by Gasteiger charge is 2.21. The zero-order valence-corrected chi connectivity index (χ0v) is 21.5. The summed E-state index contributed by atoms with van der Waals surface area (Å²) < 4.78 is 34.4. The van der Waals surface area contributed by atoms with Crippen LogP contribution < -0.4 is 20.1 Å². The number of hydrogen-bond acceptors (Lipinski definition) is 6. The summed E-state index contributed by atoms with van der Waals surface area (Å²) >= 11 is 0. The van der Waals surface area contributed by atoms with Gasteiger partial charge in [0.15, 0.2) is 27.3 Å². The Kier molecular flexibility index (Phi) is 11.8. The zero-order valence-electron chi connectivity index (χ0n) is 18.3. The second-order valence-corrected chi connectivity index (χ2v) is 9.23. The fourth-order valence-electron chi connectivity index (χ4n) is 3.13. The Labute approximate surface area is 197 Å². The molecule has 1 fully saturated rings. The number of sulfone groups is 1. The van der Waals surface area contributed by atoms with Crippen molar-refractivity contribution in [1.29, 1.82) is 0 Å². The van der Waals surface area contributed by atoms with Gasteiger partial charge in [0.2, 0.25) is 0 Å². The Morgan fingerprint density at radius 2 is 1.80 bits per heavy atom. The van der Waals surface area contributed by atoms with Gasteiger partial charge in [-0.15, -0.1) is 24.0 Å². The van der Waals surface area contributed by atoms with Crippen molar-refractivity contribution in [3.8, 4) is 11.5 Å². The summed E-state index contributed by atoms with van der Waals surface area (Å²) in [6.45, 7) is 9.80. The molecular weight excluding hydrogens is 519 g/mol. The zero-order chi connectivity index (χ0) is 21.3. The van der Waals surface area contributed by atoms with E-state index in [0.29, 0.717) is 38.8 Å². The van der Waals surface area contributed by atoms with E-state index in [-0.39, 0.29) is 41.5 Å². The van der Waals surface area contributed by atoms with Crippen molar-refractivity contribution in [3.05, 3.63) is 23.8 Å². The van der Waals surface area contributed by atoms with Crippen LogP contribution in [0.1, 0.15) is 32.4 Å². The van der Waals surface area contributed by atoms with E-state index in [1.54, 1.807) is 7.05 Å². The van der Waals surface area contributed by atoms with Crippen molar-refractivity contribution < 1.29 is 17.9 Å². The molecule has 1 aromatic rings. The van der Waals surface area contributed by atoms with Crippen molar-refractivity contribution in [2.24, 2.45) is 4.99 Å². The Morgan fingerprint density at radius 3 is 2.40 bits per heavy atom. The first-order valence-electron chi connectivity index (χ1n) is 10.2. The van der Waals surface area contributed by atoms with Crippen LogP contribution in [-0.4, -0.2) is 77.2 Å². The first kappa shape index (κ1) is 26.8. The molecule has 0 radical (unpaired) electrons. The summed E-state index contributed by atoms with van der Waals surface area (Å²) in [7, 11) is -1.10. The Bertz CT molecular complexity index is 775. The lowest BCUT2D eigenvalue weighted by atomic mass is 10.1. The molecular formula is C20H35IN4O4S. The minimum Gasteiger partial charge on any atom is -0.490 e. The van der Waals surface area contributed by atoms with Crippen LogP contribution in [0.2, 0.25) is 0 Å². The second-order valence-electron chi connectivity index (χ2n) is 6.93. The van der Waals surface area contributed by atoms with Crippen molar-refractivity contribution in [1.82, 2.24) is 15.5 Å². The van der Waals surface area contributed by atoms with Crippen LogP contribution in [0.3, 0.4) is 0 Å². The van der Waals surface area contributed by atoms with E-state index in [1.165, 1.54) is 0 Å². The maximum atomic E-state index is 11.5. The molecule has 172 valence electrons. The molecule has 8 nitrogen and oxygen atoms in total. The quantitative estimate of drug-likeness (QED) is 0.274. The van der Waals surface area contributed by atoms with E-state index >= 15 is 0 Å². The number of benzene rings is 1. The van der Waals surface area contributed by atoms with Gasteiger partial charge in [-0.05, 0) is 38.5 Å². The molecule has 0 bridgehead atoms. The van der Waals surface area contributed by atoms with Gasteiger partial charge in [-0.3, -0.25) is 9.89 Å². The number of halogens is 1. The average Bonchev–Trinajstić information content (AvgIpc) is 2.70. The molecule has 2 rings (SSSR count). The molecule has 10 heteroatoms. The average molecular weight is 554 g/mol. The maximum absolute atomic E-state index is 11.5. The Hall–Kier alpha value is -1.27. The molecule has 1 atom stereocenters. The van der Waals surface area contributed by atoms with E-state index in [0.717, 1.165) is 23.6 Å². The molecule has 0 spiro atoms.